The summed E-state index contributed by atoms with van der Waals surface area (Å²) in [5.74, 6) is 0. The van der Waals surface area contributed by atoms with Crippen LogP contribution in [0.5, 0.6) is 0 Å². The van der Waals surface area contributed by atoms with Crippen LogP contribution in [0.2, 0.25) is 0 Å². The normalized spacial score (nSPS) is 34.2. The van der Waals surface area contributed by atoms with Crippen molar-refractivity contribution in [1.82, 2.24) is 4.90 Å². The molecule has 0 radical (unpaired) electrons. The first-order chi connectivity index (χ1) is 5.66. The van der Waals surface area contributed by atoms with Gasteiger partial charge in [0, 0.05) is 0 Å². The molecular formula is C11H23N. The highest BCUT2D eigenvalue weighted by molar-refractivity contribution is 4.76. The fourth-order valence-electron chi connectivity index (χ4n) is 1.98. The predicted molar refractivity (Wildman–Crippen MR) is 54.4 cm³/mol. The Morgan fingerprint density at radius 3 is 2.58 bits per heavy atom. The van der Waals surface area contributed by atoms with E-state index in [1.165, 1.54) is 45.2 Å². The molecule has 0 amide bonds. The van der Waals surface area contributed by atoms with Crippen molar-refractivity contribution >= 4 is 0 Å². The Kier molecular flexibility index (Phi) is 3.57. The first kappa shape index (κ1) is 10.0. The second-order valence-corrected chi connectivity index (χ2v) is 4.67. The van der Waals surface area contributed by atoms with Crippen molar-refractivity contribution in [2.75, 3.05) is 20.1 Å². The van der Waals surface area contributed by atoms with E-state index in [4.69, 9.17) is 0 Å². The van der Waals surface area contributed by atoms with Crippen molar-refractivity contribution in [3.8, 4) is 0 Å². The maximum absolute atomic E-state index is 2.48. The van der Waals surface area contributed by atoms with Crippen LogP contribution < -0.4 is 0 Å². The van der Waals surface area contributed by atoms with E-state index >= 15 is 0 Å². The van der Waals surface area contributed by atoms with Gasteiger partial charge in [-0.2, -0.15) is 0 Å². The molecule has 1 nitrogen and oxygen atoms in total. The molecule has 0 N–H and O–H groups in total. The van der Waals surface area contributed by atoms with Crippen LogP contribution in [-0.4, -0.2) is 25.0 Å². The Bertz CT molecular complexity index is 133. The topological polar surface area (TPSA) is 3.24 Å². The Hall–Kier alpha value is -0.0400. The lowest BCUT2D eigenvalue weighted by atomic mass is 9.78. The Morgan fingerprint density at radius 1 is 1.17 bits per heavy atom. The predicted octanol–water partition coefficient (Wildman–Crippen LogP) is 2.91. The van der Waals surface area contributed by atoms with Crippen LogP contribution in [0.1, 0.15) is 46.0 Å². The maximum Gasteiger partial charge on any atom is -0.00166 e. The number of rotatable bonds is 1. The van der Waals surface area contributed by atoms with Gasteiger partial charge >= 0.3 is 0 Å². The molecule has 1 aliphatic heterocycles. The molecule has 0 aliphatic carbocycles. The summed E-state index contributed by atoms with van der Waals surface area (Å²) >= 11 is 0. The molecular weight excluding hydrogens is 146 g/mol. The monoisotopic (exact) mass is 169 g/mol. The van der Waals surface area contributed by atoms with Gasteiger partial charge in [0.25, 0.3) is 0 Å². The van der Waals surface area contributed by atoms with E-state index in [1.807, 2.05) is 0 Å². The summed E-state index contributed by atoms with van der Waals surface area (Å²) in [5.41, 5.74) is 0.634. The highest BCUT2D eigenvalue weighted by Gasteiger charge is 2.23. The van der Waals surface area contributed by atoms with Crippen LogP contribution >= 0.6 is 0 Å². The van der Waals surface area contributed by atoms with Gasteiger partial charge in [-0.15, -0.1) is 0 Å². The van der Waals surface area contributed by atoms with E-state index in [2.05, 4.69) is 25.8 Å². The second kappa shape index (κ2) is 4.27. The van der Waals surface area contributed by atoms with Gasteiger partial charge in [-0.1, -0.05) is 26.7 Å². The summed E-state index contributed by atoms with van der Waals surface area (Å²) in [4.78, 5) is 2.48. The smallest absolute Gasteiger partial charge is 0.00166 e. The molecule has 0 bridgehead atoms. The molecule has 0 spiro atoms. The van der Waals surface area contributed by atoms with E-state index in [0.29, 0.717) is 5.41 Å². The molecule has 1 atom stereocenters. The van der Waals surface area contributed by atoms with E-state index < -0.39 is 0 Å². The quantitative estimate of drug-likeness (QED) is 0.583. The SMILES string of the molecule is CCC1(C)CCCCN(C)CC1. The number of likely N-dealkylation sites (tertiary alicyclic amines) is 1. The van der Waals surface area contributed by atoms with Gasteiger partial charge in [0.15, 0.2) is 0 Å². The summed E-state index contributed by atoms with van der Waals surface area (Å²) in [5, 5.41) is 0. The lowest BCUT2D eigenvalue weighted by molar-refractivity contribution is 0.178. The zero-order valence-electron chi connectivity index (χ0n) is 8.90. The molecule has 1 unspecified atom stereocenters. The molecule has 0 saturated carbocycles. The minimum Gasteiger partial charge on any atom is -0.306 e. The molecule has 1 heteroatoms. The standard InChI is InChI=1S/C11H23N/c1-4-11(2)7-5-6-9-12(3)10-8-11/h4-10H2,1-3H3. The van der Waals surface area contributed by atoms with E-state index in [9.17, 15) is 0 Å². The average Bonchev–Trinajstić information content (AvgIpc) is 2.07. The maximum atomic E-state index is 2.48. The fraction of sp³-hybridized carbons (Fsp3) is 1.00. The van der Waals surface area contributed by atoms with Crippen LogP contribution in [0.3, 0.4) is 0 Å². The van der Waals surface area contributed by atoms with Crippen molar-refractivity contribution in [3.63, 3.8) is 0 Å². The van der Waals surface area contributed by atoms with Crippen molar-refractivity contribution < 1.29 is 0 Å². The number of hydrogen-bond donors (Lipinski definition) is 0. The second-order valence-electron chi connectivity index (χ2n) is 4.67. The summed E-state index contributed by atoms with van der Waals surface area (Å²) in [6.07, 6.45) is 7.00. The van der Waals surface area contributed by atoms with Gasteiger partial charge in [-0.05, 0) is 44.8 Å². The van der Waals surface area contributed by atoms with E-state index in [1.54, 1.807) is 0 Å². The van der Waals surface area contributed by atoms with Crippen LogP contribution in [0.4, 0.5) is 0 Å². The van der Waals surface area contributed by atoms with Crippen molar-refractivity contribution in [3.05, 3.63) is 0 Å². The Balaban J connectivity index is 2.43. The van der Waals surface area contributed by atoms with Gasteiger partial charge < -0.3 is 4.90 Å². The van der Waals surface area contributed by atoms with Crippen LogP contribution in [-0.2, 0) is 0 Å². The minimum atomic E-state index is 0.634. The molecule has 1 aliphatic rings. The molecule has 1 rings (SSSR count). The molecule has 1 heterocycles. The third kappa shape index (κ3) is 2.78. The first-order valence-electron chi connectivity index (χ1n) is 5.35. The van der Waals surface area contributed by atoms with Gasteiger partial charge in [0.1, 0.15) is 0 Å². The lowest BCUT2D eigenvalue weighted by Crippen LogP contribution is -2.29. The fourth-order valence-corrected chi connectivity index (χ4v) is 1.98. The highest BCUT2D eigenvalue weighted by atomic mass is 15.1. The van der Waals surface area contributed by atoms with Crippen molar-refractivity contribution in [1.29, 1.82) is 0 Å². The third-order valence-electron chi connectivity index (χ3n) is 3.52. The van der Waals surface area contributed by atoms with Crippen LogP contribution in [0.15, 0.2) is 0 Å². The van der Waals surface area contributed by atoms with E-state index in [0.717, 1.165) is 0 Å². The molecule has 0 aromatic carbocycles. The molecule has 72 valence electrons. The third-order valence-corrected chi connectivity index (χ3v) is 3.52. The van der Waals surface area contributed by atoms with Crippen LogP contribution in [0.25, 0.3) is 0 Å². The van der Waals surface area contributed by atoms with Crippen molar-refractivity contribution in [2.45, 2.75) is 46.0 Å². The molecule has 0 aromatic rings. The highest BCUT2D eigenvalue weighted by Crippen LogP contribution is 2.33. The molecule has 0 aromatic heterocycles. The Morgan fingerprint density at radius 2 is 1.92 bits per heavy atom. The Labute approximate surface area is 77.1 Å². The van der Waals surface area contributed by atoms with E-state index in [-0.39, 0.29) is 0 Å². The van der Waals surface area contributed by atoms with Crippen LogP contribution in [0, 0.1) is 5.41 Å². The summed E-state index contributed by atoms with van der Waals surface area (Å²) in [6, 6.07) is 0. The largest absolute Gasteiger partial charge is 0.306 e. The van der Waals surface area contributed by atoms with Gasteiger partial charge in [-0.25, -0.2) is 0 Å². The van der Waals surface area contributed by atoms with Gasteiger partial charge in [-0.3, -0.25) is 0 Å². The summed E-state index contributed by atoms with van der Waals surface area (Å²) in [7, 11) is 2.25. The number of nitrogens with zero attached hydrogens (tertiary/aromatic N) is 1. The lowest BCUT2D eigenvalue weighted by Gasteiger charge is -2.33. The summed E-state index contributed by atoms with van der Waals surface area (Å²) < 4.78 is 0. The van der Waals surface area contributed by atoms with Gasteiger partial charge in [0.05, 0.1) is 0 Å². The molecule has 1 saturated heterocycles. The van der Waals surface area contributed by atoms with Gasteiger partial charge in [0.2, 0.25) is 0 Å². The first-order valence-corrected chi connectivity index (χ1v) is 5.35. The number of hydrogen-bond acceptors (Lipinski definition) is 1. The average molecular weight is 169 g/mol. The molecule has 12 heavy (non-hydrogen) atoms. The van der Waals surface area contributed by atoms with Crippen molar-refractivity contribution in [2.24, 2.45) is 5.41 Å². The zero-order chi connectivity index (χ0) is 9.03. The zero-order valence-corrected chi connectivity index (χ0v) is 8.90. The summed E-state index contributed by atoms with van der Waals surface area (Å²) in [6.45, 7) is 7.39. The minimum absolute atomic E-state index is 0.634. The molecule has 1 fully saturated rings.